The molecule has 0 radical (unpaired) electrons. The Balaban J connectivity index is 2.13. The van der Waals surface area contributed by atoms with Crippen molar-refractivity contribution in [3.05, 3.63) is 0 Å². The molecule has 1 heterocycles. The largest absolute Gasteiger partial charge is 0.381 e. The van der Waals surface area contributed by atoms with Gasteiger partial charge in [0.15, 0.2) is 0 Å². The molecular formula is C8H17NO. The molecule has 0 unspecified atom stereocenters. The topological polar surface area (TPSA) is 35.2 Å². The highest BCUT2D eigenvalue weighted by molar-refractivity contribution is 4.67. The van der Waals surface area contributed by atoms with Gasteiger partial charge in [-0.15, -0.1) is 0 Å². The second-order valence-electron chi connectivity index (χ2n) is 3.30. The zero-order valence-electron chi connectivity index (χ0n) is 6.68. The first-order valence-electron chi connectivity index (χ1n) is 4.12. The predicted molar refractivity (Wildman–Crippen MR) is 41.8 cm³/mol. The number of rotatable bonds is 2. The van der Waals surface area contributed by atoms with Crippen molar-refractivity contribution in [3.63, 3.8) is 0 Å². The number of nitrogens with two attached hydrogens (primary N) is 1. The molecule has 0 aliphatic carbocycles. The molecule has 1 fully saturated rings. The van der Waals surface area contributed by atoms with Crippen molar-refractivity contribution in [2.75, 3.05) is 13.2 Å². The van der Waals surface area contributed by atoms with Crippen molar-refractivity contribution in [2.45, 2.75) is 32.2 Å². The van der Waals surface area contributed by atoms with Crippen LogP contribution in [0.15, 0.2) is 0 Å². The summed E-state index contributed by atoms with van der Waals surface area (Å²) in [7, 11) is 0. The minimum absolute atomic E-state index is 0.340. The van der Waals surface area contributed by atoms with Crippen LogP contribution in [0.4, 0.5) is 0 Å². The highest BCUT2D eigenvalue weighted by Gasteiger charge is 2.14. The van der Waals surface area contributed by atoms with Crippen LogP contribution >= 0.6 is 0 Å². The summed E-state index contributed by atoms with van der Waals surface area (Å²) in [5.41, 5.74) is 5.67. The first kappa shape index (κ1) is 8.02. The zero-order chi connectivity index (χ0) is 7.40. The van der Waals surface area contributed by atoms with Crippen molar-refractivity contribution in [3.8, 4) is 0 Å². The smallest absolute Gasteiger partial charge is 0.0494 e. The van der Waals surface area contributed by atoms with Crippen molar-refractivity contribution >= 4 is 0 Å². The molecule has 0 aromatic carbocycles. The summed E-state index contributed by atoms with van der Waals surface area (Å²) in [5, 5.41) is 0. The first-order valence-corrected chi connectivity index (χ1v) is 4.12. The van der Waals surface area contributed by atoms with Gasteiger partial charge in [0.25, 0.3) is 0 Å². The van der Waals surface area contributed by atoms with E-state index in [0.717, 1.165) is 25.6 Å². The monoisotopic (exact) mass is 143 g/mol. The number of hydrogen-bond donors (Lipinski definition) is 1. The van der Waals surface area contributed by atoms with Gasteiger partial charge in [0.2, 0.25) is 0 Å². The van der Waals surface area contributed by atoms with E-state index in [1.807, 2.05) is 0 Å². The molecule has 1 saturated heterocycles. The maximum absolute atomic E-state index is 5.67. The SMILES string of the molecule is C[C@@H](N)C[C@H]1CCCOC1. The molecule has 1 aliphatic heterocycles. The van der Waals surface area contributed by atoms with Crippen LogP contribution in [0.25, 0.3) is 0 Å². The Labute approximate surface area is 62.7 Å². The van der Waals surface area contributed by atoms with Crippen molar-refractivity contribution < 1.29 is 4.74 Å². The molecule has 2 nitrogen and oxygen atoms in total. The van der Waals surface area contributed by atoms with E-state index in [4.69, 9.17) is 10.5 Å². The van der Waals surface area contributed by atoms with Crippen molar-refractivity contribution in [2.24, 2.45) is 11.7 Å². The summed E-state index contributed by atoms with van der Waals surface area (Å²) >= 11 is 0. The lowest BCUT2D eigenvalue weighted by Gasteiger charge is -2.23. The molecule has 2 heteroatoms. The summed E-state index contributed by atoms with van der Waals surface area (Å²) in [5.74, 6) is 0.730. The molecule has 0 spiro atoms. The molecule has 2 N–H and O–H groups in total. The minimum Gasteiger partial charge on any atom is -0.381 e. The zero-order valence-corrected chi connectivity index (χ0v) is 6.68. The Morgan fingerprint density at radius 1 is 1.70 bits per heavy atom. The standard InChI is InChI=1S/C8H17NO/c1-7(9)5-8-3-2-4-10-6-8/h7-8H,2-6,9H2,1H3/t7-,8-/m1/s1. The third-order valence-corrected chi connectivity index (χ3v) is 1.96. The van der Waals surface area contributed by atoms with Gasteiger partial charge in [-0.25, -0.2) is 0 Å². The number of ether oxygens (including phenoxy) is 1. The van der Waals surface area contributed by atoms with Crippen LogP contribution in [0.3, 0.4) is 0 Å². The van der Waals surface area contributed by atoms with Gasteiger partial charge >= 0.3 is 0 Å². The molecule has 1 aliphatic rings. The summed E-state index contributed by atoms with van der Waals surface area (Å²) < 4.78 is 5.33. The lowest BCUT2D eigenvalue weighted by molar-refractivity contribution is 0.0497. The van der Waals surface area contributed by atoms with E-state index in [0.29, 0.717) is 6.04 Å². The second kappa shape index (κ2) is 3.94. The fraction of sp³-hybridized carbons (Fsp3) is 1.00. The van der Waals surface area contributed by atoms with Crippen LogP contribution in [0.5, 0.6) is 0 Å². The fourth-order valence-electron chi connectivity index (χ4n) is 1.52. The Morgan fingerprint density at radius 3 is 3.00 bits per heavy atom. The van der Waals surface area contributed by atoms with Crippen LogP contribution in [0.1, 0.15) is 26.2 Å². The van der Waals surface area contributed by atoms with Gasteiger partial charge < -0.3 is 10.5 Å². The van der Waals surface area contributed by atoms with Gasteiger partial charge in [0.1, 0.15) is 0 Å². The lowest BCUT2D eigenvalue weighted by atomic mass is 9.95. The lowest BCUT2D eigenvalue weighted by Crippen LogP contribution is -2.25. The molecule has 0 aromatic rings. The van der Waals surface area contributed by atoms with Gasteiger partial charge in [-0.05, 0) is 32.1 Å². The Hall–Kier alpha value is -0.0800. The van der Waals surface area contributed by atoms with Gasteiger partial charge in [-0.1, -0.05) is 0 Å². The van der Waals surface area contributed by atoms with E-state index < -0.39 is 0 Å². The minimum atomic E-state index is 0.340. The van der Waals surface area contributed by atoms with Crippen LogP contribution in [-0.4, -0.2) is 19.3 Å². The average molecular weight is 143 g/mol. The highest BCUT2D eigenvalue weighted by Crippen LogP contribution is 2.17. The van der Waals surface area contributed by atoms with Gasteiger partial charge in [0.05, 0.1) is 0 Å². The first-order chi connectivity index (χ1) is 4.79. The maximum atomic E-state index is 5.67. The quantitative estimate of drug-likeness (QED) is 0.629. The molecule has 2 atom stereocenters. The third-order valence-electron chi connectivity index (χ3n) is 1.96. The Morgan fingerprint density at radius 2 is 2.50 bits per heavy atom. The van der Waals surface area contributed by atoms with Crippen LogP contribution < -0.4 is 5.73 Å². The molecule has 60 valence electrons. The summed E-state index contributed by atoms with van der Waals surface area (Å²) in [6.45, 7) is 3.95. The van der Waals surface area contributed by atoms with Gasteiger partial charge in [-0.3, -0.25) is 0 Å². The Kier molecular flexibility index (Phi) is 3.16. The molecule has 1 rings (SSSR count). The maximum Gasteiger partial charge on any atom is 0.0494 e. The molecule has 0 amide bonds. The highest BCUT2D eigenvalue weighted by atomic mass is 16.5. The molecule has 0 aromatic heterocycles. The number of hydrogen-bond acceptors (Lipinski definition) is 2. The van der Waals surface area contributed by atoms with E-state index in [1.165, 1.54) is 12.8 Å². The normalized spacial score (nSPS) is 30.0. The van der Waals surface area contributed by atoms with Gasteiger partial charge in [0, 0.05) is 19.3 Å². The van der Waals surface area contributed by atoms with Crippen LogP contribution in [0, 0.1) is 5.92 Å². The van der Waals surface area contributed by atoms with E-state index in [-0.39, 0.29) is 0 Å². The van der Waals surface area contributed by atoms with Crippen molar-refractivity contribution in [1.29, 1.82) is 0 Å². The Bertz CT molecular complexity index is 87.3. The molecule has 0 saturated carbocycles. The summed E-state index contributed by atoms with van der Waals surface area (Å²) in [4.78, 5) is 0. The fourth-order valence-corrected chi connectivity index (χ4v) is 1.52. The van der Waals surface area contributed by atoms with Gasteiger partial charge in [-0.2, -0.15) is 0 Å². The van der Waals surface area contributed by atoms with E-state index in [9.17, 15) is 0 Å². The average Bonchev–Trinajstić information content (AvgIpc) is 1.88. The van der Waals surface area contributed by atoms with Crippen molar-refractivity contribution in [1.82, 2.24) is 0 Å². The van der Waals surface area contributed by atoms with Crippen LogP contribution in [0.2, 0.25) is 0 Å². The van der Waals surface area contributed by atoms with E-state index in [1.54, 1.807) is 0 Å². The molecule has 0 bridgehead atoms. The van der Waals surface area contributed by atoms with E-state index >= 15 is 0 Å². The predicted octanol–water partition coefficient (Wildman–Crippen LogP) is 1.15. The van der Waals surface area contributed by atoms with E-state index in [2.05, 4.69) is 6.92 Å². The summed E-state index contributed by atoms with van der Waals surface area (Å²) in [6.07, 6.45) is 3.65. The molecule has 10 heavy (non-hydrogen) atoms. The second-order valence-corrected chi connectivity index (χ2v) is 3.30. The summed E-state index contributed by atoms with van der Waals surface area (Å²) in [6, 6.07) is 0.340. The molecular weight excluding hydrogens is 126 g/mol. The third kappa shape index (κ3) is 2.67. The van der Waals surface area contributed by atoms with Crippen LogP contribution in [-0.2, 0) is 4.74 Å².